The van der Waals surface area contributed by atoms with Crippen LogP contribution in [0.15, 0.2) is 18.2 Å². The van der Waals surface area contributed by atoms with Gasteiger partial charge in [-0.15, -0.1) is 0 Å². The Morgan fingerprint density at radius 2 is 2.11 bits per heavy atom. The van der Waals surface area contributed by atoms with Crippen LogP contribution in [0.2, 0.25) is 0 Å². The molecular weight excluding hydrogens is 226 g/mol. The summed E-state index contributed by atoms with van der Waals surface area (Å²) in [6.07, 6.45) is 1.19. The van der Waals surface area contributed by atoms with E-state index < -0.39 is 0 Å². The minimum atomic E-state index is 0.685. The molecule has 0 spiro atoms. The number of rotatable bonds is 6. The monoisotopic (exact) mass is 249 g/mol. The van der Waals surface area contributed by atoms with Crippen molar-refractivity contribution in [1.29, 1.82) is 0 Å². The highest BCUT2D eigenvalue weighted by atomic mass is 16.5. The van der Waals surface area contributed by atoms with Crippen LogP contribution in [0, 0.1) is 19.8 Å². The lowest BCUT2D eigenvalue weighted by Gasteiger charge is -2.13. The summed E-state index contributed by atoms with van der Waals surface area (Å²) in [5, 5.41) is 3.43. The Morgan fingerprint density at radius 1 is 1.33 bits per heavy atom. The van der Waals surface area contributed by atoms with Crippen LogP contribution in [0.5, 0.6) is 5.75 Å². The molecule has 0 saturated carbocycles. The Kier molecular flexibility index (Phi) is 5.02. The summed E-state index contributed by atoms with van der Waals surface area (Å²) in [6, 6.07) is 6.24. The van der Waals surface area contributed by atoms with E-state index in [4.69, 9.17) is 9.47 Å². The van der Waals surface area contributed by atoms with Crippen LogP contribution < -0.4 is 10.1 Å². The smallest absolute Gasteiger partial charge is 0.125 e. The highest BCUT2D eigenvalue weighted by Crippen LogP contribution is 2.21. The second-order valence-electron chi connectivity index (χ2n) is 5.00. The van der Waals surface area contributed by atoms with Gasteiger partial charge >= 0.3 is 0 Å². The second kappa shape index (κ2) is 6.76. The van der Waals surface area contributed by atoms with Gasteiger partial charge in [-0.3, -0.25) is 0 Å². The summed E-state index contributed by atoms with van der Waals surface area (Å²) in [5.74, 6) is 1.72. The van der Waals surface area contributed by atoms with Gasteiger partial charge in [0.15, 0.2) is 0 Å². The first kappa shape index (κ1) is 13.4. The number of hydrogen-bond donors (Lipinski definition) is 1. The van der Waals surface area contributed by atoms with Crippen LogP contribution in [0.25, 0.3) is 0 Å². The van der Waals surface area contributed by atoms with Crippen molar-refractivity contribution in [1.82, 2.24) is 5.32 Å². The largest absolute Gasteiger partial charge is 0.492 e. The van der Waals surface area contributed by atoms with Gasteiger partial charge in [0, 0.05) is 19.7 Å². The molecule has 1 unspecified atom stereocenters. The molecule has 0 amide bonds. The molecule has 1 N–H and O–H groups in total. The molecule has 3 nitrogen and oxygen atoms in total. The molecule has 1 aromatic carbocycles. The first-order valence-electron chi connectivity index (χ1n) is 6.75. The first-order chi connectivity index (χ1) is 8.77. The Bertz CT molecular complexity index is 353. The van der Waals surface area contributed by atoms with E-state index >= 15 is 0 Å². The Labute approximate surface area is 109 Å². The number of aryl methyl sites for hydroxylation is 2. The van der Waals surface area contributed by atoms with Gasteiger partial charge < -0.3 is 14.8 Å². The van der Waals surface area contributed by atoms with E-state index in [9.17, 15) is 0 Å². The predicted molar refractivity (Wildman–Crippen MR) is 73.2 cm³/mol. The fourth-order valence-corrected chi connectivity index (χ4v) is 2.30. The molecule has 0 aliphatic carbocycles. The fourth-order valence-electron chi connectivity index (χ4n) is 2.30. The Balaban J connectivity index is 1.65. The lowest BCUT2D eigenvalue weighted by atomic mass is 10.1. The topological polar surface area (TPSA) is 30.5 Å². The molecule has 0 bridgehead atoms. The van der Waals surface area contributed by atoms with Crippen LogP contribution in [0.1, 0.15) is 17.5 Å². The highest BCUT2D eigenvalue weighted by Gasteiger charge is 2.14. The molecule has 1 aliphatic rings. The fraction of sp³-hybridized carbons (Fsp3) is 0.600. The van der Waals surface area contributed by atoms with E-state index in [0.717, 1.165) is 38.7 Å². The maximum Gasteiger partial charge on any atom is 0.125 e. The molecule has 1 saturated heterocycles. The minimum Gasteiger partial charge on any atom is -0.492 e. The maximum absolute atomic E-state index is 5.84. The summed E-state index contributed by atoms with van der Waals surface area (Å²) in [4.78, 5) is 0. The van der Waals surface area contributed by atoms with Crippen molar-refractivity contribution in [3.8, 4) is 5.75 Å². The van der Waals surface area contributed by atoms with Gasteiger partial charge in [0.2, 0.25) is 0 Å². The quantitative estimate of drug-likeness (QED) is 0.785. The van der Waals surface area contributed by atoms with Crippen molar-refractivity contribution >= 4 is 0 Å². The lowest BCUT2D eigenvalue weighted by molar-refractivity contribution is 0.185. The van der Waals surface area contributed by atoms with Crippen molar-refractivity contribution in [3.05, 3.63) is 29.3 Å². The molecule has 3 heteroatoms. The summed E-state index contributed by atoms with van der Waals surface area (Å²) in [6.45, 7) is 8.66. The standard InChI is InChI=1S/C15H23NO2/c1-12-4-3-5-13(2)15(12)18-9-7-16-10-14-6-8-17-11-14/h3-5,14,16H,6-11H2,1-2H3. The molecule has 1 aliphatic heterocycles. The predicted octanol–water partition coefficient (Wildman–Crippen LogP) is 2.31. The van der Waals surface area contributed by atoms with Crippen molar-refractivity contribution in [2.75, 3.05) is 32.9 Å². The van der Waals surface area contributed by atoms with E-state index in [1.54, 1.807) is 0 Å². The zero-order valence-electron chi connectivity index (χ0n) is 11.4. The van der Waals surface area contributed by atoms with Crippen LogP contribution in [-0.4, -0.2) is 32.9 Å². The van der Waals surface area contributed by atoms with Gasteiger partial charge in [-0.05, 0) is 37.3 Å². The van der Waals surface area contributed by atoms with Crippen LogP contribution in [0.3, 0.4) is 0 Å². The van der Waals surface area contributed by atoms with Crippen LogP contribution in [-0.2, 0) is 4.74 Å². The summed E-state index contributed by atoms with van der Waals surface area (Å²) >= 11 is 0. The molecule has 2 rings (SSSR count). The third-order valence-corrected chi connectivity index (χ3v) is 3.39. The van der Waals surface area contributed by atoms with E-state index in [-0.39, 0.29) is 0 Å². The summed E-state index contributed by atoms with van der Waals surface area (Å²) in [7, 11) is 0. The lowest BCUT2D eigenvalue weighted by Crippen LogP contribution is -2.27. The molecule has 1 aromatic rings. The molecule has 18 heavy (non-hydrogen) atoms. The molecular formula is C15H23NO2. The number of para-hydroxylation sites is 1. The molecule has 1 fully saturated rings. The Hall–Kier alpha value is -1.06. The van der Waals surface area contributed by atoms with E-state index in [1.807, 2.05) is 0 Å². The number of ether oxygens (including phenoxy) is 2. The second-order valence-corrected chi connectivity index (χ2v) is 5.00. The molecule has 100 valence electrons. The number of benzene rings is 1. The minimum absolute atomic E-state index is 0.685. The Morgan fingerprint density at radius 3 is 2.78 bits per heavy atom. The van der Waals surface area contributed by atoms with E-state index in [1.165, 1.54) is 17.5 Å². The number of nitrogens with one attached hydrogen (secondary N) is 1. The average molecular weight is 249 g/mol. The third kappa shape index (κ3) is 3.72. The van der Waals surface area contributed by atoms with Crippen LogP contribution >= 0.6 is 0 Å². The SMILES string of the molecule is Cc1cccc(C)c1OCCNCC1CCOC1. The van der Waals surface area contributed by atoms with Crippen molar-refractivity contribution in [2.45, 2.75) is 20.3 Å². The van der Waals surface area contributed by atoms with Gasteiger partial charge in [-0.2, -0.15) is 0 Å². The summed E-state index contributed by atoms with van der Waals surface area (Å²) < 4.78 is 11.2. The van der Waals surface area contributed by atoms with Gasteiger partial charge in [-0.1, -0.05) is 18.2 Å². The summed E-state index contributed by atoms with van der Waals surface area (Å²) in [5.41, 5.74) is 2.42. The van der Waals surface area contributed by atoms with Gasteiger partial charge in [0.05, 0.1) is 6.61 Å². The van der Waals surface area contributed by atoms with Crippen molar-refractivity contribution in [3.63, 3.8) is 0 Å². The van der Waals surface area contributed by atoms with Crippen molar-refractivity contribution in [2.24, 2.45) is 5.92 Å². The van der Waals surface area contributed by atoms with Crippen LogP contribution in [0.4, 0.5) is 0 Å². The average Bonchev–Trinajstić information content (AvgIpc) is 2.85. The van der Waals surface area contributed by atoms with Gasteiger partial charge in [-0.25, -0.2) is 0 Å². The number of hydrogen-bond acceptors (Lipinski definition) is 3. The van der Waals surface area contributed by atoms with Crippen molar-refractivity contribution < 1.29 is 9.47 Å². The zero-order chi connectivity index (χ0) is 12.8. The first-order valence-corrected chi connectivity index (χ1v) is 6.75. The molecule has 0 radical (unpaired) electrons. The third-order valence-electron chi connectivity index (χ3n) is 3.39. The zero-order valence-corrected chi connectivity index (χ0v) is 11.4. The highest BCUT2D eigenvalue weighted by molar-refractivity contribution is 5.39. The normalized spacial score (nSPS) is 19.1. The molecule has 0 aromatic heterocycles. The van der Waals surface area contributed by atoms with E-state index in [0.29, 0.717) is 5.92 Å². The maximum atomic E-state index is 5.84. The molecule has 1 heterocycles. The van der Waals surface area contributed by atoms with E-state index in [2.05, 4.69) is 37.4 Å². The molecule has 1 atom stereocenters. The van der Waals surface area contributed by atoms with Gasteiger partial charge in [0.25, 0.3) is 0 Å². The van der Waals surface area contributed by atoms with Gasteiger partial charge in [0.1, 0.15) is 12.4 Å².